The predicted octanol–water partition coefficient (Wildman–Crippen LogP) is 11.7. The number of esters is 2. The molecule has 0 aliphatic carbocycles. The van der Waals surface area contributed by atoms with E-state index in [4.69, 9.17) is 9.47 Å². The first-order valence-electron chi connectivity index (χ1n) is 23.1. The fourth-order valence-corrected chi connectivity index (χ4v) is 6.69. The van der Waals surface area contributed by atoms with Crippen molar-refractivity contribution < 1.29 is 28.3 Å². The summed E-state index contributed by atoms with van der Waals surface area (Å²) in [5, 5.41) is 0. The van der Waals surface area contributed by atoms with E-state index in [0.717, 1.165) is 114 Å². The summed E-state index contributed by atoms with van der Waals surface area (Å²) in [7, 11) is 4.28. The molecule has 0 aromatic carbocycles. The van der Waals surface area contributed by atoms with Gasteiger partial charge in [0, 0.05) is 38.5 Å². The van der Waals surface area contributed by atoms with E-state index < -0.39 is 0 Å². The van der Waals surface area contributed by atoms with Crippen LogP contribution in [0.25, 0.3) is 0 Å². The van der Waals surface area contributed by atoms with Gasteiger partial charge >= 0.3 is 11.9 Å². The lowest BCUT2D eigenvalue weighted by atomic mass is 10.1. The molecule has 0 aliphatic heterocycles. The summed E-state index contributed by atoms with van der Waals surface area (Å²) in [4.78, 5) is 39.8. The van der Waals surface area contributed by atoms with E-state index in [1.54, 1.807) is 4.90 Å². The zero-order valence-electron chi connectivity index (χ0n) is 36.9. The molecule has 55 heavy (non-hydrogen) atoms. The Morgan fingerprint density at radius 2 is 0.782 bits per heavy atom. The van der Waals surface area contributed by atoms with Gasteiger partial charge in [-0.1, -0.05) is 124 Å². The van der Waals surface area contributed by atoms with Gasteiger partial charge < -0.3 is 18.9 Å². The average molecular weight is 772 g/mol. The van der Waals surface area contributed by atoms with Crippen molar-refractivity contribution >= 4 is 17.8 Å². The van der Waals surface area contributed by atoms with E-state index in [0.29, 0.717) is 32.4 Å². The predicted molar refractivity (Wildman–Crippen MR) is 231 cm³/mol. The summed E-state index contributed by atoms with van der Waals surface area (Å²) < 4.78 is 11.8. The van der Waals surface area contributed by atoms with Crippen LogP contribution in [0, 0.1) is 23.7 Å². The summed E-state index contributed by atoms with van der Waals surface area (Å²) in [6.45, 7) is 9.34. The minimum atomic E-state index is -0.212. The second kappa shape index (κ2) is 39.7. The van der Waals surface area contributed by atoms with Gasteiger partial charge in [-0.05, 0) is 44.9 Å². The Morgan fingerprint density at radius 1 is 0.436 bits per heavy atom. The molecule has 7 heteroatoms. The Bertz CT molecular complexity index is 984. The number of hydrogen-bond acceptors (Lipinski definition) is 5. The van der Waals surface area contributed by atoms with Crippen LogP contribution in [0.15, 0.2) is 0 Å². The van der Waals surface area contributed by atoms with Crippen LogP contribution >= 0.6 is 0 Å². The molecule has 0 saturated carbocycles. The minimum Gasteiger partial charge on any atom is -0.464 e. The second-order valence-electron chi connectivity index (χ2n) is 16.2. The standard InChI is InChI=1S/C48H87N2O5/c1-6-9-11-13-15-17-19-21-23-25-27-29-31-33-35-37-47(52)54-44-40-49(46(51)39-43-50(4,5)42-8-3)41-45-55-48(53)38-36-34-32-30-28-26-24-22-20-18-16-14-12-10-7-2/h6-20,25-45H2,1-5H3/q+1. The monoisotopic (exact) mass is 772 g/mol. The molecule has 0 aliphatic rings. The maximum atomic E-state index is 13.2. The molecule has 318 valence electrons. The smallest absolute Gasteiger partial charge is 0.305 e. The van der Waals surface area contributed by atoms with Crippen LogP contribution in [0.3, 0.4) is 0 Å². The summed E-state index contributed by atoms with van der Waals surface area (Å²) in [6, 6.07) is 0. The highest BCUT2D eigenvalue weighted by atomic mass is 16.5. The van der Waals surface area contributed by atoms with Crippen LogP contribution in [-0.2, 0) is 23.9 Å². The minimum absolute atomic E-state index is 0.00796. The molecule has 0 rings (SSSR count). The SMILES string of the molecule is CCCCCCCCC#CCCCCCCCC(=O)OCCN(CCOC(=O)CCCCCCCC#CCCCCCCCC)C(=O)CC[N+](C)(C)CCC. The molecular formula is C48H87N2O5+. The van der Waals surface area contributed by atoms with E-state index in [1.165, 1.54) is 77.0 Å². The van der Waals surface area contributed by atoms with Gasteiger partial charge in [-0.2, -0.15) is 0 Å². The van der Waals surface area contributed by atoms with Gasteiger partial charge in [-0.25, -0.2) is 0 Å². The molecule has 0 fully saturated rings. The van der Waals surface area contributed by atoms with Gasteiger partial charge in [0.15, 0.2) is 0 Å². The van der Waals surface area contributed by atoms with Crippen molar-refractivity contribution in [3.05, 3.63) is 0 Å². The molecular weight excluding hydrogens is 685 g/mol. The number of ether oxygens (including phenoxy) is 2. The van der Waals surface area contributed by atoms with Crippen molar-refractivity contribution in [1.29, 1.82) is 0 Å². The van der Waals surface area contributed by atoms with Crippen LogP contribution < -0.4 is 0 Å². The number of carbonyl (C=O) groups excluding carboxylic acids is 3. The number of unbranched alkanes of at least 4 members (excludes halogenated alkanes) is 22. The second-order valence-corrected chi connectivity index (χ2v) is 16.2. The molecule has 0 saturated heterocycles. The van der Waals surface area contributed by atoms with Gasteiger partial charge in [0.05, 0.1) is 46.7 Å². The fourth-order valence-electron chi connectivity index (χ4n) is 6.69. The van der Waals surface area contributed by atoms with E-state index >= 15 is 0 Å². The highest BCUT2D eigenvalue weighted by Gasteiger charge is 2.20. The number of quaternary nitrogens is 1. The van der Waals surface area contributed by atoms with Gasteiger partial charge in [-0.3, -0.25) is 14.4 Å². The maximum absolute atomic E-state index is 13.2. The number of nitrogens with zero attached hydrogens (tertiary/aromatic N) is 2. The third-order valence-electron chi connectivity index (χ3n) is 10.3. The lowest BCUT2D eigenvalue weighted by Crippen LogP contribution is -2.44. The van der Waals surface area contributed by atoms with Crippen LogP contribution in [0.5, 0.6) is 0 Å². The first-order valence-corrected chi connectivity index (χ1v) is 23.1. The fraction of sp³-hybridized carbons (Fsp3) is 0.854. The quantitative estimate of drug-likeness (QED) is 0.0272. The summed E-state index contributed by atoms with van der Waals surface area (Å²) in [5.41, 5.74) is 0. The molecule has 0 bridgehead atoms. The Balaban J connectivity index is 4.25. The Morgan fingerprint density at radius 3 is 1.15 bits per heavy atom. The largest absolute Gasteiger partial charge is 0.464 e. The molecule has 7 nitrogen and oxygen atoms in total. The molecule has 0 spiro atoms. The Kier molecular flexibility index (Phi) is 37.9. The van der Waals surface area contributed by atoms with E-state index in [1.807, 2.05) is 0 Å². The van der Waals surface area contributed by atoms with Crippen molar-refractivity contribution in [2.45, 2.75) is 213 Å². The number of hydrogen-bond donors (Lipinski definition) is 0. The van der Waals surface area contributed by atoms with Gasteiger partial charge in [0.1, 0.15) is 13.2 Å². The molecule has 0 radical (unpaired) electrons. The lowest BCUT2D eigenvalue weighted by Gasteiger charge is -2.30. The van der Waals surface area contributed by atoms with E-state index in [9.17, 15) is 14.4 Å². The summed E-state index contributed by atoms with van der Waals surface area (Å²) in [5.74, 6) is 12.9. The molecule has 0 N–H and O–H groups in total. The lowest BCUT2D eigenvalue weighted by molar-refractivity contribution is -0.889. The van der Waals surface area contributed by atoms with Crippen LogP contribution in [0.1, 0.15) is 213 Å². The highest BCUT2D eigenvalue weighted by molar-refractivity contribution is 5.76. The summed E-state index contributed by atoms with van der Waals surface area (Å²) in [6.07, 6.45) is 32.4. The average Bonchev–Trinajstić information content (AvgIpc) is 3.16. The van der Waals surface area contributed by atoms with Crippen molar-refractivity contribution in [3.63, 3.8) is 0 Å². The zero-order valence-corrected chi connectivity index (χ0v) is 36.9. The summed E-state index contributed by atoms with van der Waals surface area (Å²) >= 11 is 0. The van der Waals surface area contributed by atoms with E-state index in [-0.39, 0.29) is 31.1 Å². The molecule has 0 heterocycles. The Hall–Kier alpha value is -2.51. The molecule has 1 amide bonds. The highest BCUT2D eigenvalue weighted by Crippen LogP contribution is 2.11. The number of rotatable bonds is 37. The first kappa shape index (κ1) is 52.5. The van der Waals surface area contributed by atoms with Gasteiger partial charge in [0.2, 0.25) is 5.91 Å². The third kappa shape index (κ3) is 38.2. The van der Waals surface area contributed by atoms with Gasteiger partial charge in [-0.15, -0.1) is 23.7 Å². The van der Waals surface area contributed by atoms with E-state index in [2.05, 4.69) is 58.5 Å². The van der Waals surface area contributed by atoms with Crippen LogP contribution in [0.2, 0.25) is 0 Å². The topological polar surface area (TPSA) is 72.9 Å². The molecule has 0 aromatic heterocycles. The van der Waals surface area contributed by atoms with Crippen molar-refractivity contribution in [2.75, 3.05) is 53.5 Å². The molecule has 0 aromatic rings. The van der Waals surface area contributed by atoms with Crippen molar-refractivity contribution in [2.24, 2.45) is 0 Å². The van der Waals surface area contributed by atoms with Crippen LogP contribution in [-0.4, -0.2) is 80.7 Å². The Labute approximate surface area is 340 Å². The normalized spacial score (nSPS) is 11.0. The maximum Gasteiger partial charge on any atom is 0.305 e. The number of carbonyl (C=O) groups is 3. The van der Waals surface area contributed by atoms with Crippen molar-refractivity contribution in [3.8, 4) is 23.7 Å². The molecule has 0 atom stereocenters. The zero-order chi connectivity index (χ0) is 40.5. The molecule has 0 unspecified atom stereocenters. The third-order valence-corrected chi connectivity index (χ3v) is 10.3. The van der Waals surface area contributed by atoms with Crippen molar-refractivity contribution in [1.82, 2.24) is 4.90 Å². The number of amides is 1. The first-order chi connectivity index (χ1) is 26.8. The van der Waals surface area contributed by atoms with Gasteiger partial charge in [0.25, 0.3) is 0 Å². The van der Waals surface area contributed by atoms with Crippen LogP contribution in [0.4, 0.5) is 0 Å².